The number of nitrogens with one attached hydrogen (secondary N) is 1. The van der Waals surface area contributed by atoms with Crippen LogP contribution in [-0.2, 0) is 11.8 Å². The molecule has 1 aromatic carbocycles. The third-order valence-electron chi connectivity index (χ3n) is 3.74. The molecule has 0 spiro atoms. The van der Waals surface area contributed by atoms with E-state index in [1.165, 1.54) is 4.90 Å². The monoisotopic (exact) mass is 284 g/mol. The highest BCUT2D eigenvalue weighted by Crippen LogP contribution is 2.30. The van der Waals surface area contributed by atoms with Crippen LogP contribution in [-0.4, -0.2) is 28.1 Å². The van der Waals surface area contributed by atoms with Crippen LogP contribution in [0.1, 0.15) is 21.7 Å². The van der Waals surface area contributed by atoms with Crippen molar-refractivity contribution in [2.45, 2.75) is 13.8 Å². The molecule has 0 fully saturated rings. The van der Waals surface area contributed by atoms with E-state index in [0.29, 0.717) is 22.6 Å². The first kappa shape index (κ1) is 13.4. The van der Waals surface area contributed by atoms with Gasteiger partial charge < -0.3 is 5.32 Å². The van der Waals surface area contributed by atoms with Crippen molar-refractivity contribution in [3.8, 4) is 0 Å². The molecule has 0 bridgehead atoms. The second-order valence-corrected chi connectivity index (χ2v) is 5.13. The maximum absolute atomic E-state index is 12.9. The number of aryl methyl sites for hydroxylation is 2. The van der Waals surface area contributed by atoms with E-state index in [1.807, 2.05) is 25.1 Å². The maximum atomic E-state index is 12.9. The summed E-state index contributed by atoms with van der Waals surface area (Å²) in [5, 5.41) is 7.05. The molecule has 2 amide bonds. The van der Waals surface area contributed by atoms with Crippen LogP contribution in [0.15, 0.2) is 24.3 Å². The Morgan fingerprint density at radius 1 is 1.29 bits per heavy atom. The van der Waals surface area contributed by atoms with Crippen molar-refractivity contribution >= 4 is 23.2 Å². The Morgan fingerprint density at radius 2 is 2.00 bits per heavy atom. The summed E-state index contributed by atoms with van der Waals surface area (Å²) < 4.78 is 1.68. The largest absolute Gasteiger partial charge is 0.323 e. The zero-order valence-electron chi connectivity index (χ0n) is 12.2. The van der Waals surface area contributed by atoms with Crippen molar-refractivity contribution in [1.29, 1.82) is 0 Å². The van der Waals surface area contributed by atoms with Crippen molar-refractivity contribution in [1.82, 2.24) is 9.78 Å². The Labute approximate surface area is 122 Å². The molecule has 1 aliphatic rings. The first-order valence-corrected chi connectivity index (χ1v) is 6.70. The number of carbonyl (C=O) groups excluding carboxylic acids is 2. The van der Waals surface area contributed by atoms with E-state index < -0.39 is 0 Å². The van der Waals surface area contributed by atoms with Gasteiger partial charge in [0.05, 0.1) is 22.6 Å². The molecule has 108 valence electrons. The van der Waals surface area contributed by atoms with Crippen LogP contribution < -0.4 is 10.2 Å². The molecule has 0 unspecified atom stereocenters. The topological polar surface area (TPSA) is 67.2 Å². The summed E-state index contributed by atoms with van der Waals surface area (Å²) in [5.41, 5.74) is 3.39. The number of rotatable bonds is 1. The van der Waals surface area contributed by atoms with Gasteiger partial charge in [0.15, 0.2) is 0 Å². The Morgan fingerprint density at radius 3 is 2.67 bits per heavy atom. The van der Waals surface area contributed by atoms with Gasteiger partial charge in [-0.25, -0.2) is 0 Å². The lowest BCUT2D eigenvalue weighted by molar-refractivity contribution is -0.115. The maximum Gasteiger partial charge on any atom is 0.262 e. The third kappa shape index (κ3) is 2.08. The number of anilines is 2. The third-order valence-corrected chi connectivity index (χ3v) is 3.74. The predicted molar refractivity (Wildman–Crippen MR) is 79.4 cm³/mol. The summed E-state index contributed by atoms with van der Waals surface area (Å²) >= 11 is 0. The zero-order valence-corrected chi connectivity index (χ0v) is 12.2. The van der Waals surface area contributed by atoms with Gasteiger partial charge in [0.2, 0.25) is 5.91 Å². The number of carbonyl (C=O) groups is 2. The molecule has 0 saturated heterocycles. The Kier molecular flexibility index (Phi) is 3.01. The van der Waals surface area contributed by atoms with Crippen LogP contribution in [0.3, 0.4) is 0 Å². The van der Waals surface area contributed by atoms with Gasteiger partial charge in [-0.2, -0.15) is 5.10 Å². The molecule has 0 aliphatic carbocycles. The molecule has 2 heterocycles. The Balaban J connectivity index is 2.08. The predicted octanol–water partition coefficient (Wildman–Crippen LogP) is 1.64. The van der Waals surface area contributed by atoms with E-state index in [9.17, 15) is 9.59 Å². The van der Waals surface area contributed by atoms with Crippen molar-refractivity contribution in [3.63, 3.8) is 0 Å². The van der Waals surface area contributed by atoms with Crippen molar-refractivity contribution in [2.75, 3.05) is 16.8 Å². The summed E-state index contributed by atoms with van der Waals surface area (Å²) in [7, 11) is 1.80. The average Bonchev–Trinajstić information content (AvgIpc) is 2.70. The highest BCUT2D eigenvalue weighted by Gasteiger charge is 2.30. The van der Waals surface area contributed by atoms with E-state index in [2.05, 4.69) is 10.4 Å². The molecular formula is C15H16N4O2. The number of fused-ring (bicyclic) bond motifs is 1. The van der Waals surface area contributed by atoms with E-state index in [1.54, 1.807) is 24.7 Å². The van der Waals surface area contributed by atoms with E-state index >= 15 is 0 Å². The van der Waals surface area contributed by atoms with Gasteiger partial charge in [0.1, 0.15) is 6.54 Å². The standard InChI is InChI=1S/C15H16N4O2/c1-9-14(10(2)18(3)17-9)15(21)19-8-13(20)16-11-6-4-5-7-12(11)19/h4-7H,8H2,1-3H3,(H,16,20). The van der Waals surface area contributed by atoms with Crippen LogP contribution in [0.25, 0.3) is 0 Å². The number of aromatic nitrogens is 2. The molecule has 1 aliphatic heterocycles. The van der Waals surface area contributed by atoms with E-state index in [0.717, 1.165) is 5.69 Å². The van der Waals surface area contributed by atoms with Crippen LogP contribution in [0.4, 0.5) is 11.4 Å². The number of hydrogen-bond acceptors (Lipinski definition) is 3. The first-order valence-electron chi connectivity index (χ1n) is 6.70. The summed E-state index contributed by atoms with van der Waals surface area (Å²) in [6.45, 7) is 3.67. The number of para-hydroxylation sites is 2. The fraction of sp³-hybridized carbons (Fsp3) is 0.267. The average molecular weight is 284 g/mol. The van der Waals surface area contributed by atoms with Crippen LogP contribution in [0.5, 0.6) is 0 Å². The van der Waals surface area contributed by atoms with Gasteiger partial charge in [-0.15, -0.1) is 0 Å². The summed E-state index contributed by atoms with van der Waals surface area (Å²) in [6, 6.07) is 7.29. The SMILES string of the molecule is Cc1nn(C)c(C)c1C(=O)N1CC(=O)Nc2ccccc21. The van der Waals surface area contributed by atoms with E-state index in [4.69, 9.17) is 0 Å². The fourth-order valence-electron chi connectivity index (χ4n) is 2.63. The van der Waals surface area contributed by atoms with Crippen molar-refractivity contribution < 1.29 is 9.59 Å². The van der Waals surface area contributed by atoms with Crippen molar-refractivity contribution in [3.05, 3.63) is 41.2 Å². The molecule has 21 heavy (non-hydrogen) atoms. The first-order chi connectivity index (χ1) is 9.99. The number of nitrogens with zero attached hydrogens (tertiary/aromatic N) is 3. The lowest BCUT2D eigenvalue weighted by atomic mass is 10.1. The van der Waals surface area contributed by atoms with Gasteiger partial charge in [-0.3, -0.25) is 19.2 Å². The van der Waals surface area contributed by atoms with Gasteiger partial charge >= 0.3 is 0 Å². The summed E-state index contributed by atoms with van der Waals surface area (Å²) in [6.07, 6.45) is 0. The molecule has 6 nitrogen and oxygen atoms in total. The van der Waals surface area contributed by atoms with E-state index in [-0.39, 0.29) is 18.4 Å². The molecule has 1 N–H and O–H groups in total. The van der Waals surface area contributed by atoms with Gasteiger partial charge in [-0.1, -0.05) is 12.1 Å². The molecule has 0 atom stereocenters. The molecule has 1 aromatic heterocycles. The van der Waals surface area contributed by atoms with Crippen molar-refractivity contribution in [2.24, 2.45) is 7.05 Å². The second kappa shape index (κ2) is 4.73. The molecule has 0 saturated carbocycles. The number of benzene rings is 1. The molecular weight excluding hydrogens is 268 g/mol. The van der Waals surface area contributed by atoms with Crippen LogP contribution >= 0.6 is 0 Å². The lowest BCUT2D eigenvalue weighted by Gasteiger charge is -2.29. The normalized spacial score (nSPS) is 13.9. The molecule has 3 rings (SSSR count). The van der Waals surface area contributed by atoms with Crippen LogP contribution in [0, 0.1) is 13.8 Å². The molecule has 0 radical (unpaired) electrons. The summed E-state index contributed by atoms with van der Waals surface area (Å²) in [5.74, 6) is -0.387. The Bertz CT molecular complexity index is 748. The molecule has 6 heteroatoms. The van der Waals surface area contributed by atoms with Crippen LogP contribution in [0.2, 0.25) is 0 Å². The van der Waals surface area contributed by atoms with Gasteiger partial charge in [0.25, 0.3) is 5.91 Å². The van der Waals surface area contributed by atoms with Gasteiger partial charge in [0, 0.05) is 12.7 Å². The quantitative estimate of drug-likeness (QED) is 0.865. The summed E-state index contributed by atoms with van der Waals surface area (Å²) in [4.78, 5) is 26.2. The minimum Gasteiger partial charge on any atom is -0.323 e. The lowest BCUT2D eigenvalue weighted by Crippen LogP contribution is -2.42. The highest BCUT2D eigenvalue weighted by atomic mass is 16.2. The zero-order chi connectivity index (χ0) is 15.1. The fourth-order valence-corrected chi connectivity index (χ4v) is 2.63. The second-order valence-electron chi connectivity index (χ2n) is 5.13. The number of hydrogen-bond donors (Lipinski definition) is 1. The number of amides is 2. The Hall–Kier alpha value is -2.63. The molecule has 2 aromatic rings. The minimum absolute atomic E-state index is 0.0175. The smallest absolute Gasteiger partial charge is 0.262 e. The van der Waals surface area contributed by atoms with Gasteiger partial charge in [-0.05, 0) is 26.0 Å². The minimum atomic E-state index is -0.194. The highest BCUT2D eigenvalue weighted by molar-refractivity contribution is 6.15.